The SMILES string of the molecule is COC(=O)C1CCN(C(=O)N2CC(C(=O)O)C2)C1. The number of hydrogen-bond acceptors (Lipinski definition) is 4. The van der Waals surface area contributed by atoms with Crippen molar-refractivity contribution in [3.63, 3.8) is 0 Å². The molecule has 2 aliphatic rings. The molecule has 0 saturated carbocycles. The van der Waals surface area contributed by atoms with E-state index in [4.69, 9.17) is 5.11 Å². The van der Waals surface area contributed by atoms with Gasteiger partial charge >= 0.3 is 18.0 Å². The lowest BCUT2D eigenvalue weighted by Crippen LogP contribution is -2.56. The van der Waals surface area contributed by atoms with Gasteiger partial charge in [0.05, 0.1) is 18.9 Å². The van der Waals surface area contributed by atoms with Gasteiger partial charge in [-0.2, -0.15) is 0 Å². The van der Waals surface area contributed by atoms with Crippen molar-refractivity contribution in [3.8, 4) is 0 Å². The van der Waals surface area contributed by atoms with Gasteiger partial charge in [0.1, 0.15) is 0 Å². The van der Waals surface area contributed by atoms with E-state index in [1.54, 1.807) is 4.90 Å². The fraction of sp³-hybridized carbons (Fsp3) is 0.727. The number of rotatable bonds is 2. The number of likely N-dealkylation sites (tertiary alicyclic amines) is 2. The number of hydrogen-bond donors (Lipinski definition) is 1. The first-order valence-electron chi connectivity index (χ1n) is 5.87. The van der Waals surface area contributed by atoms with Crippen LogP contribution in [-0.4, -0.2) is 66.2 Å². The minimum Gasteiger partial charge on any atom is -0.481 e. The van der Waals surface area contributed by atoms with Crippen molar-refractivity contribution >= 4 is 18.0 Å². The Kier molecular flexibility index (Phi) is 3.40. The summed E-state index contributed by atoms with van der Waals surface area (Å²) < 4.78 is 4.64. The Morgan fingerprint density at radius 3 is 2.28 bits per heavy atom. The number of methoxy groups -OCH3 is 1. The summed E-state index contributed by atoms with van der Waals surface area (Å²) in [5, 5.41) is 8.73. The van der Waals surface area contributed by atoms with Crippen molar-refractivity contribution < 1.29 is 24.2 Å². The van der Waals surface area contributed by atoms with Crippen LogP contribution >= 0.6 is 0 Å². The quantitative estimate of drug-likeness (QED) is 0.680. The lowest BCUT2D eigenvalue weighted by molar-refractivity contribution is -0.146. The Balaban J connectivity index is 1.82. The van der Waals surface area contributed by atoms with E-state index in [0.29, 0.717) is 19.5 Å². The van der Waals surface area contributed by atoms with Gasteiger partial charge in [-0.15, -0.1) is 0 Å². The molecule has 0 aromatic carbocycles. The fourth-order valence-corrected chi connectivity index (χ4v) is 2.28. The largest absolute Gasteiger partial charge is 0.481 e. The lowest BCUT2D eigenvalue weighted by Gasteiger charge is -2.38. The maximum absolute atomic E-state index is 12.0. The molecule has 7 heteroatoms. The van der Waals surface area contributed by atoms with Crippen LogP contribution in [0.5, 0.6) is 0 Å². The van der Waals surface area contributed by atoms with Crippen molar-refractivity contribution in [2.45, 2.75) is 6.42 Å². The van der Waals surface area contributed by atoms with E-state index in [0.717, 1.165) is 0 Å². The third-order valence-electron chi connectivity index (χ3n) is 3.49. The smallest absolute Gasteiger partial charge is 0.320 e. The Bertz CT molecular complexity index is 378. The maximum Gasteiger partial charge on any atom is 0.320 e. The molecule has 0 bridgehead atoms. The zero-order valence-corrected chi connectivity index (χ0v) is 10.2. The van der Waals surface area contributed by atoms with Crippen molar-refractivity contribution in [1.29, 1.82) is 0 Å². The van der Waals surface area contributed by atoms with Crippen molar-refractivity contribution in [2.75, 3.05) is 33.3 Å². The van der Waals surface area contributed by atoms with E-state index in [-0.39, 0.29) is 31.0 Å². The second kappa shape index (κ2) is 4.83. The average molecular weight is 256 g/mol. The van der Waals surface area contributed by atoms with Crippen LogP contribution in [0, 0.1) is 11.8 Å². The van der Waals surface area contributed by atoms with Crippen molar-refractivity contribution in [3.05, 3.63) is 0 Å². The highest BCUT2D eigenvalue weighted by Crippen LogP contribution is 2.23. The van der Waals surface area contributed by atoms with Gasteiger partial charge in [0.2, 0.25) is 0 Å². The minimum absolute atomic E-state index is 0.182. The second-order valence-electron chi connectivity index (χ2n) is 4.68. The van der Waals surface area contributed by atoms with Gasteiger partial charge in [0, 0.05) is 26.2 Å². The molecule has 2 amide bonds. The summed E-state index contributed by atoms with van der Waals surface area (Å²) in [7, 11) is 1.33. The highest BCUT2D eigenvalue weighted by molar-refractivity contribution is 5.81. The second-order valence-corrected chi connectivity index (χ2v) is 4.68. The molecule has 1 unspecified atom stereocenters. The Hall–Kier alpha value is -1.79. The molecule has 0 aromatic rings. The van der Waals surface area contributed by atoms with Crippen LogP contribution in [0.3, 0.4) is 0 Å². The first-order valence-corrected chi connectivity index (χ1v) is 5.87. The number of carboxylic acid groups (broad SMARTS) is 1. The third kappa shape index (κ3) is 2.25. The molecule has 1 N–H and O–H groups in total. The number of amides is 2. The Morgan fingerprint density at radius 1 is 1.11 bits per heavy atom. The molecule has 0 aliphatic carbocycles. The molecule has 100 valence electrons. The molecule has 0 spiro atoms. The molecule has 7 nitrogen and oxygen atoms in total. The zero-order chi connectivity index (χ0) is 13.3. The van der Waals surface area contributed by atoms with Gasteiger partial charge in [-0.1, -0.05) is 0 Å². The molecular formula is C11H16N2O5. The first kappa shape index (κ1) is 12.7. The summed E-state index contributed by atoms with van der Waals surface area (Å²) in [5.74, 6) is -1.87. The van der Waals surface area contributed by atoms with E-state index in [1.165, 1.54) is 12.0 Å². The Morgan fingerprint density at radius 2 is 1.72 bits per heavy atom. The molecular weight excluding hydrogens is 240 g/mol. The summed E-state index contributed by atoms with van der Waals surface area (Å²) in [6.07, 6.45) is 0.606. The minimum atomic E-state index is -0.868. The molecule has 2 fully saturated rings. The van der Waals surface area contributed by atoms with Gasteiger partial charge in [-0.3, -0.25) is 9.59 Å². The van der Waals surface area contributed by atoms with Gasteiger partial charge in [-0.05, 0) is 6.42 Å². The molecule has 1 atom stereocenters. The summed E-state index contributed by atoms with van der Waals surface area (Å²) >= 11 is 0. The van der Waals surface area contributed by atoms with E-state index < -0.39 is 11.9 Å². The summed E-state index contributed by atoms with van der Waals surface area (Å²) in [5.41, 5.74) is 0. The summed E-state index contributed by atoms with van der Waals surface area (Å²) in [4.78, 5) is 37.0. The van der Waals surface area contributed by atoms with Crippen LogP contribution < -0.4 is 0 Å². The third-order valence-corrected chi connectivity index (χ3v) is 3.49. The predicted octanol–water partition coefficient (Wildman–Crippen LogP) is -0.382. The molecule has 18 heavy (non-hydrogen) atoms. The monoisotopic (exact) mass is 256 g/mol. The highest BCUT2D eigenvalue weighted by Gasteiger charge is 2.40. The lowest BCUT2D eigenvalue weighted by atomic mass is 10.0. The summed E-state index contributed by atoms with van der Waals surface area (Å²) in [6, 6.07) is -0.182. The number of carbonyl (C=O) groups excluding carboxylic acids is 2. The molecule has 2 saturated heterocycles. The summed E-state index contributed by atoms with van der Waals surface area (Å²) in [6.45, 7) is 1.40. The van der Waals surface area contributed by atoms with Crippen LogP contribution in [0.2, 0.25) is 0 Å². The average Bonchev–Trinajstić information content (AvgIpc) is 2.74. The van der Waals surface area contributed by atoms with Gasteiger partial charge in [0.15, 0.2) is 0 Å². The van der Waals surface area contributed by atoms with E-state index in [9.17, 15) is 14.4 Å². The number of ether oxygens (including phenoxy) is 1. The number of nitrogens with zero attached hydrogens (tertiary/aromatic N) is 2. The number of esters is 1. The van der Waals surface area contributed by atoms with Crippen molar-refractivity contribution in [2.24, 2.45) is 11.8 Å². The number of aliphatic carboxylic acids is 1. The molecule has 2 heterocycles. The molecule has 2 rings (SSSR count). The van der Waals surface area contributed by atoms with Gasteiger partial charge < -0.3 is 19.6 Å². The topological polar surface area (TPSA) is 87.2 Å². The Labute approximate surface area is 104 Å². The number of urea groups is 1. The van der Waals surface area contributed by atoms with E-state index in [2.05, 4.69) is 4.74 Å². The van der Waals surface area contributed by atoms with Gasteiger partial charge in [0.25, 0.3) is 0 Å². The van der Waals surface area contributed by atoms with Crippen LogP contribution in [0.1, 0.15) is 6.42 Å². The van der Waals surface area contributed by atoms with Crippen LogP contribution in [-0.2, 0) is 14.3 Å². The fourth-order valence-electron chi connectivity index (χ4n) is 2.28. The first-order chi connectivity index (χ1) is 8.52. The van der Waals surface area contributed by atoms with Crippen LogP contribution in [0.15, 0.2) is 0 Å². The van der Waals surface area contributed by atoms with Crippen LogP contribution in [0.25, 0.3) is 0 Å². The van der Waals surface area contributed by atoms with Crippen molar-refractivity contribution in [1.82, 2.24) is 9.80 Å². The van der Waals surface area contributed by atoms with Gasteiger partial charge in [-0.25, -0.2) is 4.79 Å². The van der Waals surface area contributed by atoms with E-state index >= 15 is 0 Å². The molecule has 2 aliphatic heterocycles. The highest BCUT2D eigenvalue weighted by atomic mass is 16.5. The predicted molar refractivity (Wildman–Crippen MR) is 59.8 cm³/mol. The molecule has 0 aromatic heterocycles. The normalized spacial score (nSPS) is 23.7. The number of carbonyl (C=O) groups is 3. The number of carboxylic acids is 1. The molecule has 0 radical (unpaired) electrons. The zero-order valence-electron chi connectivity index (χ0n) is 10.2. The van der Waals surface area contributed by atoms with E-state index in [1.807, 2.05) is 0 Å². The van der Waals surface area contributed by atoms with Crippen LogP contribution in [0.4, 0.5) is 4.79 Å². The standard InChI is InChI=1S/C11H16N2O5/c1-18-10(16)7-2-3-12(4-7)11(17)13-5-8(6-13)9(14)15/h7-8H,2-6H2,1H3,(H,14,15). The maximum atomic E-state index is 12.0.